The quantitative estimate of drug-likeness (QED) is 0.876. The van der Waals surface area contributed by atoms with E-state index in [9.17, 15) is 22.8 Å². The molecule has 1 saturated carbocycles. The van der Waals surface area contributed by atoms with Gasteiger partial charge in [0.2, 0.25) is 0 Å². The number of carboxylic acid groups (broad SMARTS) is 1. The highest BCUT2D eigenvalue weighted by Crippen LogP contribution is 2.43. The van der Waals surface area contributed by atoms with Crippen LogP contribution in [0.5, 0.6) is 0 Å². The van der Waals surface area contributed by atoms with Crippen molar-refractivity contribution in [2.75, 3.05) is 0 Å². The van der Waals surface area contributed by atoms with Gasteiger partial charge in [0.15, 0.2) is 0 Å². The van der Waals surface area contributed by atoms with Crippen molar-refractivity contribution in [3.05, 3.63) is 35.9 Å². The molecule has 5 nitrogen and oxygen atoms in total. The zero-order valence-corrected chi connectivity index (χ0v) is 12.8. The Labute approximate surface area is 136 Å². The monoisotopic (exact) mass is 345 g/mol. The lowest BCUT2D eigenvalue weighted by atomic mass is 9.76. The van der Waals surface area contributed by atoms with Crippen LogP contribution in [-0.2, 0) is 16.1 Å². The van der Waals surface area contributed by atoms with E-state index in [1.807, 2.05) is 5.32 Å². The summed E-state index contributed by atoms with van der Waals surface area (Å²) in [5, 5.41) is 10.8. The number of carbonyl (C=O) groups excluding carboxylic acids is 1. The molecule has 1 amide bonds. The third-order valence-electron chi connectivity index (χ3n) is 4.29. The van der Waals surface area contributed by atoms with Crippen LogP contribution >= 0.6 is 0 Å². The van der Waals surface area contributed by atoms with Gasteiger partial charge in [-0.1, -0.05) is 30.3 Å². The van der Waals surface area contributed by atoms with E-state index < -0.39 is 42.5 Å². The lowest BCUT2D eigenvalue weighted by Gasteiger charge is -2.40. The molecule has 2 N–H and O–H groups in total. The minimum Gasteiger partial charge on any atom is -0.481 e. The number of rotatable bonds is 4. The fraction of sp³-hybridized carbons (Fsp3) is 0.500. The summed E-state index contributed by atoms with van der Waals surface area (Å²) in [6, 6.07) is 8.58. The first-order valence-corrected chi connectivity index (χ1v) is 7.52. The molecule has 0 heterocycles. The third-order valence-corrected chi connectivity index (χ3v) is 4.29. The van der Waals surface area contributed by atoms with Gasteiger partial charge in [-0.25, -0.2) is 4.79 Å². The van der Waals surface area contributed by atoms with E-state index in [4.69, 9.17) is 9.84 Å². The highest BCUT2D eigenvalue weighted by Gasteiger charge is 2.57. The zero-order valence-electron chi connectivity index (χ0n) is 12.8. The molecule has 0 atom stereocenters. The SMILES string of the molecule is O=C(NC1(C(F)(F)F)CCC(C(=O)O)CC1)OCc1ccccc1. The van der Waals surface area contributed by atoms with Gasteiger partial charge < -0.3 is 15.2 Å². The Hall–Kier alpha value is -2.25. The molecule has 0 spiro atoms. The van der Waals surface area contributed by atoms with Crippen LogP contribution in [-0.4, -0.2) is 28.9 Å². The highest BCUT2D eigenvalue weighted by molar-refractivity contribution is 5.71. The standard InChI is InChI=1S/C16H18F3NO4/c17-16(18,19)15(8-6-12(7-9-15)13(21)22)20-14(23)24-10-11-4-2-1-3-5-11/h1-5,12H,6-10H2,(H,20,23)(H,21,22). The van der Waals surface area contributed by atoms with Gasteiger partial charge in [0.25, 0.3) is 0 Å². The van der Waals surface area contributed by atoms with E-state index >= 15 is 0 Å². The summed E-state index contributed by atoms with van der Waals surface area (Å²) in [5.41, 5.74) is -1.78. The Balaban J connectivity index is 1.99. The Bertz CT molecular complexity index is 581. The van der Waals surface area contributed by atoms with Crippen molar-refractivity contribution in [1.82, 2.24) is 5.32 Å². The van der Waals surface area contributed by atoms with E-state index in [0.717, 1.165) is 0 Å². The average molecular weight is 345 g/mol. The van der Waals surface area contributed by atoms with Gasteiger partial charge in [-0.05, 0) is 31.2 Å². The van der Waals surface area contributed by atoms with E-state index in [0.29, 0.717) is 5.56 Å². The third kappa shape index (κ3) is 4.18. The summed E-state index contributed by atoms with van der Waals surface area (Å²) in [6.07, 6.45) is -7.09. The maximum Gasteiger partial charge on any atom is 0.411 e. The normalized spacial score (nSPS) is 24.2. The van der Waals surface area contributed by atoms with E-state index in [1.165, 1.54) is 0 Å². The maximum atomic E-state index is 13.4. The van der Waals surface area contributed by atoms with Crippen molar-refractivity contribution in [1.29, 1.82) is 0 Å². The van der Waals surface area contributed by atoms with E-state index in [1.54, 1.807) is 30.3 Å². The molecule has 0 saturated heterocycles. The largest absolute Gasteiger partial charge is 0.481 e. The van der Waals surface area contributed by atoms with Crippen LogP contribution in [0.3, 0.4) is 0 Å². The number of carbonyl (C=O) groups is 2. The molecule has 1 aliphatic carbocycles. The summed E-state index contributed by atoms with van der Waals surface area (Å²) in [7, 11) is 0. The van der Waals surface area contributed by atoms with Gasteiger partial charge in [0.05, 0.1) is 5.92 Å². The molecule has 0 aliphatic heterocycles. The molecule has 8 heteroatoms. The Morgan fingerprint density at radius 3 is 2.29 bits per heavy atom. The Kier molecular flexibility index (Phi) is 5.36. The van der Waals surface area contributed by atoms with Gasteiger partial charge in [-0.15, -0.1) is 0 Å². The van der Waals surface area contributed by atoms with Gasteiger partial charge in [-0.2, -0.15) is 13.2 Å². The smallest absolute Gasteiger partial charge is 0.411 e. The van der Waals surface area contributed by atoms with Crippen molar-refractivity contribution in [3.63, 3.8) is 0 Å². The molecule has 1 aromatic carbocycles. The van der Waals surface area contributed by atoms with Crippen LogP contribution in [0.15, 0.2) is 30.3 Å². The Morgan fingerprint density at radius 2 is 1.79 bits per heavy atom. The number of amides is 1. The summed E-state index contributed by atoms with van der Waals surface area (Å²) in [5.74, 6) is -1.93. The molecular weight excluding hydrogens is 327 g/mol. The highest BCUT2D eigenvalue weighted by atomic mass is 19.4. The average Bonchev–Trinajstić information content (AvgIpc) is 2.53. The number of alkyl carbamates (subject to hydrolysis) is 1. The van der Waals surface area contributed by atoms with Crippen LogP contribution < -0.4 is 5.32 Å². The molecule has 0 radical (unpaired) electrons. The predicted octanol–water partition coefficient (Wildman–Crippen LogP) is 3.49. The first-order valence-electron chi connectivity index (χ1n) is 7.52. The second-order valence-corrected chi connectivity index (χ2v) is 5.88. The Morgan fingerprint density at radius 1 is 1.21 bits per heavy atom. The summed E-state index contributed by atoms with van der Waals surface area (Å²) in [6.45, 7) is -0.141. The van der Waals surface area contributed by atoms with Crippen molar-refractivity contribution in [3.8, 4) is 0 Å². The molecule has 1 fully saturated rings. The summed E-state index contributed by atoms with van der Waals surface area (Å²) >= 11 is 0. The van der Waals surface area contributed by atoms with Gasteiger partial charge in [0.1, 0.15) is 12.1 Å². The van der Waals surface area contributed by atoms with Crippen molar-refractivity contribution >= 4 is 12.1 Å². The number of aliphatic carboxylic acids is 1. The van der Waals surface area contributed by atoms with E-state index in [-0.39, 0.29) is 19.4 Å². The fourth-order valence-corrected chi connectivity index (χ4v) is 2.79. The molecule has 0 bridgehead atoms. The molecule has 0 unspecified atom stereocenters. The number of hydrogen-bond acceptors (Lipinski definition) is 3. The van der Waals surface area contributed by atoms with Gasteiger partial charge in [-0.3, -0.25) is 4.79 Å². The molecule has 1 aromatic rings. The van der Waals surface area contributed by atoms with Crippen LogP contribution in [0.2, 0.25) is 0 Å². The van der Waals surface area contributed by atoms with E-state index in [2.05, 4.69) is 0 Å². The lowest BCUT2D eigenvalue weighted by molar-refractivity contribution is -0.206. The maximum absolute atomic E-state index is 13.4. The van der Waals surface area contributed by atoms with Crippen molar-refractivity contribution < 1.29 is 32.6 Å². The first-order chi connectivity index (χ1) is 11.2. The summed E-state index contributed by atoms with van der Waals surface area (Å²) < 4.78 is 45.2. The minimum absolute atomic E-state index is 0.141. The number of carboxylic acids is 1. The molecule has 1 aliphatic rings. The number of ether oxygens (including phenoxy) is 1. The van der Waals surface area contributed by atoms with Crippen LogP contribution in [0, 0.1) is 5.92 Å². The molecule has 24 heavy (non-hydrogen) atoms. The fourth-order valence-electron chi connectivity index (χ4n) is 2.79. The number of benzene rings is 1. The number of halogens is 3. The second-order valence-electron chi connectivity index (χ2n) is 5.88. The topological polar surface area (TPSA) is 75.6 Å². The second kappa shape index (κ2) is 7.11. The molecule has 0 aromatic heterocycles. The molecule has 132 valence electrons. The number of hydrogen-bond donors (Lipinski definition) is 2. The molecular formula is C16H18F3NO4. The first kappa shape index (κ1) is 18.1. The lowest BCUT2D eigenvalue weighted by Crippen LogP contribution is -2.60. The number of nitrogens with one attached hydrogen (secondary N) is 1. The van der Waals surface area contributed by atoms with Gasteiger partial charge in [0, 0.05) is 0 Å². The van der Waals surface area contributed by atoms with Gasteiger partial charge >= 0.3 is 18.2 Å². The van der Waals surface area contributed by atoms with Crippen LogP contribution in [0.1, 0.15) is 31.2 Å². The zero-order chi connectivity index (χ0) is 17.8. The van der Waals surface area contributed by atoms with Crippen molar-refractivity contribution in [2.45, 2.75) is 44.0 Å². The number of alkyl halides is 3. The summed E-state index contributed by atoms with van der Waals surface area (Å²) in [4.78, 5) is 22.7. The minimum atomic E-state index is -4.68. The predicted molar refractivity (Wildman–Crippen MR) is 78.1 cm³/mol. The van der Waals surface area contributed by atoms with Crippen LogP contribution in [0.4, 0.5) is 18.0 Å². The van der Waals surface area contributed by atoms with Crippen LogP contribution in [0.25, 0.3) is 0 Å². The van der Waals surface area contributed by atoms with Crippen molar-refractivity contribution in [2.24, 2.45) is 5.92 Å². The molecule has 2 rings (SSSR count).